The Hall–Kier alpha value is -2.48. The van der Waals surface area contributed by atoms with Crippen LogP contribution < -0.4 is 0 Å². The van der Waals surface area contributed by atoms with Crippen molar-refractivity contribution in [2.75, 3.05) is 6.61 Å². The Morgan fingerprint density at radius 2 is 1.11 bits per heavy atom. The fourth-order valence-electron chi connectivity index (χ4n) is 3.79. The summed E-state index contributed by atoms with van der Waals surface area (Å²) in [6.07, 6.45) is -16.7. The van der Waals surface area contributed by atoms with Crippen molar-refractivity contribution in [1.29, 1.82) is 0 Å². The van der Waals surface area contributed by atoms with Gasteiger partial charge < -0.3 is 30.6 Å². The summed E-state index contributed by atoms with van der Waals surface area (Å²) in [5.74, 6) is 0. The van der Waals surface area contributed by atoms with Crippen LogP contribution in [0.1, 0.15) is 22.3 Å². The third-order valence-electron chi connectivity index (χ3n) is 5.90. The SMILES string of the molecule is C=CC(O)(Cc1ccc(C(F)(F)F)cc1)[C@@H](O)[C@@](O)(Cc1ccc(C(F)(F)F)cc1)[C@H](O)[C@@H](O)CO. The molecule has 0 aliphatic rings. The minimum Gasteiger partial charge on any atom is -0.394 e. The summed E-state index contributed by atoms with van der Waals surface area (Å²) in [6, 6.07) is 6.73. The largest absolute Gasteiger partial charge is 0.416 e. The first-order valence-corrected chi connectivity index (χ1v) is 10.5. The van der Waals surface area contributed by atoms with Crippen LogP contribution in [0.15, 0.2) is 61.2 Å². The molecule has 6 N–H and O–H groups in total. The lowest BCUT2D eigenvalue weighted by molar-refractivity contribution is -0.218. The van der Waals surface area contributed by atoms with Gasteiger partial charge in [0.1, 0.15) is 29.5 Å². The number of aliphatic hydroxyl groups is 6. The van der Waals surface area contributed by atoms with Crippen LogP contribution in [0.5, 0.6) is 0 Å². The smallest absolute Gasteiger partial charge is 0.394 e. The summed E-state index contributed by atoms with van der Waals surface area (Å²) >= 11 is 0. The number of hydrogen-bond acceptors (Lipinski definition) is 6. The van der Waals surface area contributed by atoms with Crippen molar-refractivity contribution in [1.82, 2.24) is 0 Å². The molecule has 0 radical (unpaired) electrons. The molecular formula is C24H26F6O6. The molecule has 0 aliphatic carbocycles. The van der Waals surface area contributed by atoms with Crippen molar-refractivity contribution < 1.29 is 57.0 Å². The summed E-state index contributed by atoms with van der Waals surface area (Å²) in [5, 5.41) is 63.1. The lowest BCUT2D eigenvalue weighted by Gasteiger charge is -2.45. The van der Waals surface area contributed by atoms with E-state index >= 15 is 0 Å². The van der Waals surface area contributed by atoms with Gasteiger partial charge in [0.05, 0.1) is 17.7 Å². The maximum atomic E-state index is 12.9. The second-order valence-corrected chi connectivity index (χ2v) is 8.53. The molecule has 0 aromatic heterocycles. The number of rotatable bonds is 10. The van der Waals surface area contributed by atoms with Gasteiger partial charge in [-0.3, -0.25) is 0 Å². The van der Waals surface area contributed by atoms with E-state index in [4.69, 9.17) is 0 Å². The van der Waals surface area contributed by atoms with Crippen molar-refractivity contribution in [3.63, 3.8) is 0 Å². The van der Waals surface area contributed by atoms with Crippen LogP contribution in [0.3, 0.4) is 0 Å². The Balaban J connectivity index is 2.44. The Bertz CT molecular complexity index is 1010. The summed E-state index contributed by atoms with van der Waals surface area (Å²) < 4.78 is 77.1. The molecule has 0 fully saturated rings. The van der Waals surface area contributed by atoms with Crippen LogP contribution in [-0.4, -0.2) is 66.8 Å². The van der Waals surface area contributed by atoms with Gasteiger partial charge in [0.25, 0.3) is 0 Å². The monoisotopic (exact) mass is 524 g/mol. The molecule has 0 spiro atoms. The van der Waals surface area contributed by atoms with Crippen LogP contribution in [0.2, 0.25) is 0 Å². The van der Waals surface area contributed by atoms with E-state index in [1.165, 1.54) is 0 Å². The summed E-state index contributed by atoms with van der Waals surface area (Å²) in [6.45, 7) is 2.28. The minimum absolute atomic E-state index is 0.0466. The first-order valence-electron chi connectivity index (χ1n) is 10.5. The fourth-order valence-corrected chi connectivity index (χ4v) is 3.79. The van der Waals surface area contributed by atoms with E-state index in [0.29, 0.717) is 12.1 Å². The van der Waals surface area contributed by atoms with Gasteiger partial charge in [-0.25, -0.2) is 0 Å². The highest BCUT2D eigenvalue weighted by Gasteiger charge is 2.53. The molecule has 200 valence electrons. The standard InChI is InChI=1S/C24H26F6O6/c1-2-21(35,11-14-3-7-16(8-4-14)23(25,26)27)20(34)22(36,19(33)18(32)13-31)12-15-5-9-17(10-6-15)24(28,29)30/h2-10,18-20,31-36H,1,11-13H2/t18-,19+,20+,21?,22+/m0/s1. The molecule has 2 aromatic carbocycles. The molecule has 0 aliphatic heterocycles. The second-order valence-electron chi connectivity index (χ2n) is 8.53. The highest BCUT2D eigenvalue weighted by Crippen LogP contribution is 2.35. The topological polar surface area (TPSA) is 121 Å². The number of halogens is 6. The number of hydrogen-bond donors (Lipinski definition) is 6. The Morgan fingerprint density at radius 3 is 1.44 bits per heavy atom. The van der Waals surface area contributed by atoms with Crippen LogP contribution in [-0.2, 0) is 25.2 Å². The first kappa shape index (κ1) is 29.7. The van der Waals surface area contributed by atoms with Crippen molar-refractivity contribution in [2.24, 2.45) is 0 Å². The molecule has 6 nitrogen and oxygen atoms in total. The Kier molecular flexibility index (Phi) is 8.98. The minimum atomic E-state index is -4.66. The first-order chi connectivity index (χ1) is 16.5. The molecule has 12 heteroatoms. The normalized spacial score (nSPS) is 18.6. The number of aliphatic hydroxyl groups excluding tert-OH is 4. The van der Waals surface area contributed by atoms with Crippen molar-refractivity contribution in [2.45, 2.75) is 54.7 Å². The zero-order valence-corrected chi connectivity index (χ0v) is 18.7. The van der Waals surface area contributed by atoms with Gasteiger partial charge in [-0.05, 0) is 35.4 Å². The van der Waals surface area contributed by atoms with Gasteiger partial charge in [0, 0.05) is 12.8 Å². The Morgan fingerprint density at radius 1 is 0.722 bits per heavy atom. The molecule has 2 aromatic rings. The van der Waals surface area contributed by atoms with Crippen molar-refractivity contribution in [3.8, 4) is 0 Å². The molecule has 0 bridgehead atoms. The average Bonchev–Trinajstić information content (AvgIpc) is 2.81. The predicted molar refractivity (Wildman–Crippen MR) is 115 cm³/mol. The van der Waals surface area contributed by atoms with Crippen molar-refractivity contribution in [3.05, 3.63) is 83.4 Å². The summed E-state index contributed by atoms with van der Waals surface area (Å²) in [7, 11) is 0. The van der Waals surface area contributed by atoms with Crippen molar-refractivity contribution >= 4 is 0 Å². The molecule has 1 unspecified atom stereocenters. The van der Waals surface area contributed by atoms with E-state index in [-0.39, 0.29) is 11.1 Å². The summed E-state index contributed by atoms with van der Waals surface area (Å²) in [5.41, 5.74) is -7.34. The molecule has 0 amide bonds. The second kappa shape index (κ2) is 10.9. The molecular weight excluding hydrogens is 498 g/mol. The third-order valence-corrected chi connectivity index (χ3v) is 5.90. The quantitative estimate of drug-likeness (QED) is 0.210. The lowest BCUT2D eigenvalue weighted by atomic mass is 9.73. The molecule has 36 heavy (non-hydrogen) atoms. The number of benzene rings is 2. The zero-order valence-electron chi connectivity index (χ0n) is 18.7. The van der Waals surface area contributed by atoms with Crippen LogP contribution in [0.25, 0.3) is 0 Å². The highest BCUT2D eigenvalue weighted by atomic mass is 19.4. The van der Waals surface area contributed by atoms with Gasteiger partial charge >= 0.3 is 12.4 Å². The van der Waals surface area contributed by atoms with E-state index in [9.17, 15) is 57.0 Å². The molecule has 0 heterocycles. The average molecular weight is 524 g/mol. The van der Waals surface area contributed by atoms with Crippen LogP contribution in [0.4, 0.5) is 26.3 Å². The fraction of sp³-hybridized carbons (Fsp3) is 0.417. The van der Waals surface area contributed by atoms with E-state index in [1.807, 2.05) is 0 Å². The maximum Gasteiger partial charge on any atom is 0.416 e. The molecule has 2 rings (SSSR count). The highest BCUT2D eigenvalue weighted by molar-refractivity contribution is 5.30. The van der Waals surface area contributed by atoms with Crippen LogP contribution >= 0.6 is 0 Å². The van der Waals surface area contributed by atoms with E-state index in [0.717, 1.165) is 42.5 Å². The van der Waals surface area contributed by atoms with E-state index in [2.05, 4.69) is 6.58 Å². The third kappa shape index (κ3) is 6.64. The van der Waals surface area contributed by atoms with Gasteiger partial charge in [-0.1, -0.05) is 30.3 Å². The Labute approximate surface area is 202 Å². The van der Waals surface area contributed by atoms with Gasteiger partial charge in [-0.2, -0.15) is 26.3 Å². The van der Waals surface area contributed by atoms with Crippen LogP contribution in [0, 0.1) is 0 Å². The molecule has 0 saturated carbocycles. The zero-order chi connectivity index (χ0) is 27.5. The maximum absolute atomic E-state index is 12.9. The predicted octanol–water partition coefficient (Wildman–Crippen LogP) is 2.23. The van der Waals surface area contributed by atoms with E-state index in [1.54, 1.807) is 0 Å². The number of alkyl halides is 6. The van der Waals surface area contributed by atoms with Gasteiger partial charge in [-0.15, -0.1) is 6.58 Å². The van der Waals surface area contributed by atoms with E-state index < -0.39 is 72.4 Å². The summed E-state index contributed by atoms with van der Waals surface area (Å²) in [4.78, 5) is 0. The lowest BCUT2D eigenvalue weighted by Crippen LogP contribution is -2.66. The van der Waals surface area contributed by atoms with Gasteiger partial charge in [0.2, 0.25) is 0 Å². The molecule has 0 saturated heterocycles. The molecule has 5 atom stereocenters. The van der Waals surface area contributed by atoms with Gasteiger partial charge in [0.15, 0.2) is 0 Å².